The Labute approximate surface area is 216 Å². The summed E-state index contributed by atoms with van der Waals surface area (Å²) in [5.74, 6) is 0.261. The molecule has 2 aromatic heterocycles. The first-order valence-corrected chi connectivity index (χ1v) is 13.1. The van der Waals surface area contributed by atoms with Gasteiger partial charge >= 0.3 is 5.69 Å². The van der Waals surface area contributed by atoms with E-state index in [4.69, 9.17) is 33.0 Å². The highest BCUT2D eigenvalue weighted by molar-refractivity contribution is 7.10. The van der Waals surface area contributed by atoms with Gasteiger partial charge in [0, 0.05) is 65.4 Å². The Morgan fingerprint density at radius 3 is 2.60 bits per heavy atom. The Kier molecular flexibility index (Phi) is 6.74. The van der Waals surface area contributed by atoms with Crippen LogP contribution in [-0.4, -0.2) is 43.7 Å². The minimum atomic E-state index is -0.327. The predicted octanol–water partition coefficient (Wildman–Crippen LogP) is 4.53. The molecule has 1 fully saturated rings. The van der Waals surface area contributed by atoms with Crippen LogP contribution >= 0.6 is 34.5 Å². The number of aromatic nitrogens is 3. The number of hydrogen-bond donors (Lipinski definition) is 0. The van der Waals surface area contributed by atoms with Gasteiger partial charge in [0.15, 0.2) is 6.10 Å². The van der Waals surface area contributed by atoms with Crippen molar-refractivity contribution in [1.82, 2.24) is 19.0 Å². The van der Waals surface area contributed by atoms with E-state index in [2.05, 4.69) is 5.16 Å². The fourth-order valence-electron chi connectivity index (χ4n) is 4.66. The van der Waals surface area contributed by atoms with Gasteiger partial charge in [0.1, 0.15) is 12.3 Å². The third-order valence-electron chi connectivity index (χ3n) is 6.64. The van der Waals surface area contributed by atoms with Crippen LogP contribution in [0.2, 0.25) is 10.0 Å². The summed E-state index contributed by atoms with van der Waals surface area (Å²) in [5.41, 5.74) is 2.96. The van der Waals surface area contributed by atoms with Crippen LogP contribution in [0.4, 0.5) is 0 Å². The van der Waals surface area contributed by atoms with E-state index in [-0.39, 0.29) is 30.2 Å². The number of thiazole rings is 1. The minimum absolute atomic E-state index is 0.0265. The Morgan fingerprint density at radius 1 is 1.23 bits per heavy atom. The molecular formula is C24H25Cl2N5O3S. The summed E-state index contributed by atoms with van der Waals surface area (Å²) < 4.78 is 3.02. The summed E-state index contributed by atoms with van der Waals surface area (Å²) in [6.45, 7) is 3.21. The van der Waals surface area contributed by atoms with Crippen molar-refractivity contribution in [3.8, 4) is 0 Å². The molecule has 2 aliphatic rings. The monoisotopic (exact) mass is 533 g/mol. The van der Waals surface area contributed by atoms with E-state index in [0.717, 1.165) is 40.5 Å². The van der Waals surface area contributed by atoms with Crippen LogP contribution in [0.5, 0.6) is 0 Å². The van der Waals surface area contributed by atoms with Gasteiger partial charge in [-0.1, -0.05) is 34.4 Å². The number of benzene rings is 1. The molecule has 0 bridgehead atoms. The minimum Gasteiger partial charge on any atom is -0.387 e. The van der Waals surface area contributed by atoms with Gasteiger partial charge in [-0.15, -0.1) is 11.3 Å². The Morgan fingerprint density at radius 2 is 1.94 bits per heavy atom. The summed E-state index contributed by atoms with van der Waals surface area (Å²) >= 11 is 14.3. The molecule has 11 heteroatoms. The van der Waals surface area contributed by atoms with Crippen LogP contribution in [0.25, 0.3) is 0 Å². The maximum Gasteiger partial charge on any atom is 0.328 e. The molecule has 4 heterocycles. The van der Waals surface area contributed by atoms with Gasteiger partial charge in [-0.3, -0.25) is 9.36 Å². The molecule has 2 aliphatic heterocycles. The molecule has 184 valence electrons. The summed E-state index contributed by atoms with van der Waals surface area (Å²) in [6.07, 6.45) is 3.64. The molecule has 1 aromatic carbocycles. The molecule has 0 radical (unpaired) electrons. The Bertz CT molecular complexity index is 1330. The molecule has 1 unspecified atom stereocenters. The topological polar surface area (TPSA) is 81.7 Å². The summed E-state index contributed by atoms with van der Waals surface area (Å²) in [7, 11) is 1.69. The molecule has 8 nitrogen and oxygen atoms in total. The van der Waals surface area contributed by atoms with E-state index in [9.17, 15) is 9.59 Å². The molecule has 0 aliphatic carbocycles. The number of aryl methyl sites for hydroxylation is 2. The second-order valence-electron chi connectivity index (χ2n) is 8.95. The number of likely N-dealkylation sites (tertiary alicyclic amines) is 1. The maximum atomic E-state index is 12.8. The number of hydrogen-bond acceptors (Lipinski definition) is 6. The van der Waals surface area contributed by atoms with Crippen molar-refractivity contribution in [3.05, 3.63) is 72.3 Å². The van der Waals surface area contributed by atoms with Gasteiger partial charge < -0.3 is 14.3 Å². The fraction of sp³-hybridized carbons (Fsp3) is 0.417. The normalized spacial score (nSPS) is 18.6. The zero-order chi connectivity index (χ0) is 24.7. The quantitative estimate of drug-likeness (QED) is 0.482. The lowest BCUT2D eigenvalue weighted by atomic mass is 9.97. The molecule has 1 atom stereocenters. The maximum absolute atomic E-state index is 12.8. The lowest BCUT2D eigenvalue weighted by Gasteiger charge is -2.31. The highest BCUT2D eigenvalue weighted by atomic mass is 35.5. The molecular weight excluding hydrogens is 509 g/mol. The number of carbonyl (C=O) groups is 1. The average Bonchev–Trinajstić information content (AvgIpc) is 3.56. The van der Waals surface area contributed by atoms with Crippen molar-refractivity contribution in [2.24, 2.45) is 12.2 Å². The number of imidazole rings is 1. The van der Waals surface area contributed by atoms with Crippen molar-refractivity contribution in [2.45, 2.75) is 44.8 Å². The zero-order valence-electron chi connectivity index (χ0n) is 19.4. The highest BCUT2D eigenvalue weighted by Crippen LogP contribution is 2.38. The zero-order valence-corrected chi connectivity index (χ0v) is 21.7. The molecule has 5 rings (SSSR count). The average molecular weight is 534 g/mol. The molecule has 0 saturated carbocycles. The number of amides is 1. The predicted molar refractivity (Wildman–Crippen MR) is 137 cm³/mol. The molecule has 35 heavy (non-hydrogen) atoms. The molecule has 3 aromatic rings. The largest absolute Gasteiger partial charge is 0.387 e. The second-order valence-corrected chi connectivity index (χ2v) is 10.7. The molecule has 0 spiro atoms. The lowest BCUT2D eigenvalue weighted by Crippen LogP contribution is -2.41. The third-order valence-corrected chi connectivity index (χ3v) is 8.30. The third kappa shape index (κ3) is 4.77. The van der Waals surface area contributed by atoms with E-state index in [1.807, 2.05) is 17.2 Å². The number of nitrogens with zero attached hydrogens (tertiary/aromatic N) is 5. The first kappa shape index (κ1) is 24.1. The Hall–Kier alpha value is -2.62. The van der Waals surface area contributed by atoms with E-state index >= 15 is 0 Å². The summed E-state index contributed by atoms with van der Waals surface area (Å²) in [6, 6.07) is 5.39. The van der Waals surface area contributed by atoms with Crippen molar-refractivity contribution in [2.75, 3.05) is 13.1 Å². The molecule has 1 amide bonds. The second kappa shape index (κ2) is 9.79. The van der Waals surface area contributed by atoms with Gasteiger partial charge in [0.05, 0.1) is 10.7 Å². The van der Waals surface area contributed by atoms with E-state index in [1.54, 1.807) is 42.8 Å². The highest BCUT2D eigenvalue weighted by Gasteiger charge is 2.31. The summed E-state index contributed by atoms with van der Waals surface area (Å²) in [5, 5.41) is 8.44. The molecule has 0 N–H and O–H groups in total. The molecule has 1 saturated heterocycles. The van der Waals surface area contributed by atoms with Gasteiger partial charge in [-0.2, -0.15) is 0 Å². The number of halogens is 2. The van der Waals surface area contributed by atoms with Crippen LogP contribution < -0.4 is 5.69 Å². The first-order valence-electron chi connectivity index (χ1n) is 11.4. The van der Waals surface area contributed by atoms with Crippen molar-refractivity contribution in [1.29, 1.82) is 0 Å². The standard InChI is InChI=1S/C24H25Cl2N5O3S/c1-14-11-29(2)24(33)31(14)12-21(32)30-8-6-15(7-9-30)23-27-19(13-35-23)18-10-20(34-28-18)22-16(25)4-3-5-17(22)26/h3-5,11,13,15,20H,6-10,12H2,1-2H3. The number of oxime groups is 1. The van der Waals surface area contributed by atoms with Crippen molar-refractivity contribution < 1.29 is 9.63 Å². The van der Waals surface area contributed by atoms with Gasteiger partial charge in [0.2, 0.25) is 5.91 Å². The van der Waals surface area contributed by atoms with Crippen LogP contribution in [-0.2, 0) is 23.2 Å². The van der Waals surface area contributed by atoms with Crippen LogP contribution in [0.3, 0.4) is 0 Å². The van der Waals surface area contributed by atoms with Gasteiger partial charge in [0.25, 0.3) is 0 Å². The van der Waals surface area contributed by atoms with E-state index in [0.29, 0.717) is 29.6 Å². The SMILES string of the molecule is Cc1cn(C)c(=O)n1CC(=O)N1CCC(c2nc(C3=NOC(c4c(Cl)cccc4Cl)C3)cs2)CC1. The van der Waals surface area contributed by atoms with E-state index < -0.39 is 0 Å². The summed E-state index contributed by atoms with van der Waals surface area (Å²) in [4.78, 5) is 37.3. The smallest absolute Gasteiger partial charge is 0.328 e. The van der Waals surface area contributed by atoms with E-state index in [1.165, 1.54) is 9.13 Å². The van der Waals surface area contributed by atoms with Crippen LogP contribution in [0.15, 0.2) is 39.7 Å². The number of carbonyl (C=O) groups excluding carboxylic acids is 1. The van der Waals surface area contributed by atoms with Crippen molar-refractivity contribution in [3.63, 3.8) is 0 Å². The fourth-order valence-corrected chi connectivity index (χ4v) is 6.30. The van der Waals surface area contributed by atoms with Crippen LogP contribution in [0.1, 0.15) is 53.2 Å². The first-order chi connectivity index (χ1) is 16.8. The number of piperidine rings is 1. The van der Waals surface area contributed by atoms with Crippen LogP contribution in [0, 0.1) is 6.92 Å². The number of rotatable bonds is 5. The lowest BCUT2D eigenvalue weighted by molar-refractivity contribution is -0.133. The Balaban J connectivity index is 1.18. The van der Waals surface area contributed by atoms with Gasteiger partial charge in [-0.25, -0.2) is 9.78 Å². The van der Waals surface area contributed by atoms with Gasteiger partial charge in [-0.05, 0) is 31.9 Å². The van der Waals surface area contributed by atoms with Crippen molar-refractivity contribution >= 4 is 46.2 Å².